The van der Waals surface area contributed by atoms with Gasteiger partial charge in [-0.15, -0.1) is 24.0 Å². The van der Waals surface area contributed by atoms with Gasteiger partial charge in [0.05, 0.1) is 6.54 Å². The quantitative estimate of drug-likeness (QED) is 0.211. The van der Waals surface area contributed by atoms with Crippen LogP contribution >= 0.6 is 24.0 Å². The van der Waals surface area contributed by atoms with Crippen molar-refractivity contribution in [2.24, 2.45) is 10.9 Å². The summed E-state index contributed by atoms with van der Waals surface area (Å²) < 4.78 is 0. The Kier molecular flexibility index (Phi) is 10.5. The second kappa shape index (κ2) is 10.9. The second-order valence-corrected chi connectivity index (χ2v) is 4.99. The third-order valence-electron chi connectivity index (χ3n) is 2.90. The first-order valence-corrected chi connectivity index (χ1v) is 7.11. The van der Waals surface area contributed by atoms with Crippen molar-refractivity contribution in [1.82, 2.24) is 16.0 Å². The minimum Gasteiger partial charge on any atom is -0.357 e. The van der Waals surface area contributed by atoms with Crippen molar-refractivity contribution >= 4 is 35.8 Å². The van der Waals surface area contributed by atoms with Gasteiger partial charge in [-0.3, -0.25) is 9.79 Å². The number of halogens is 1. The third-order valence-corrected chi connectivity index (χ3v) is 2.90. The number of nitrogens with zero attached hydrogens (tertiary/aromatic N) is 1. The van der Waals surface area contributed by atoms with Crippen molar-refractivity contribution in [2.75, 3.05) is 19.6 Å². The van der Waals surface area contributed by atoms with Crippen LogP contribution in [0.2, 0.25) is 0 Å². The zero-order valence-electron chi connectivity index (χ0n) is 12.6. The molecule has 0 aromatic carbocycles. The summed E-state index contributed by atoms with van der Waals surface area (Å²) >= 11 is 0. The van der Waals surface area contributed by atoms with Gasteiger partial charge in [-0.25, -0.2) is 0 Å². The Balaban J connectivity index is 0.00000361. The van der Waals surface area contributed by atoms with Crippen LogP contribution in [0.1, 0.15) is 33.6 Å². The number of hydrogen-bond donors (Lipinski definition) is 3. The van der Waals surface area contributed by atoms with Crippen LogP contribution in [0.4, 0.5) is 0 Å². The molecule has 0 saturated carbocycles. The van der Waals surface area contributed by atoms with Crippen LogP contribution < -0.4 is 16.0 Å². The molecule has 1 amide bonds. The highest BCUT2D eigenvalue weighted by Gasteiger charge is 2.11. The molecule has 0 aliphatic heterocycles. The monoisotopic (exact) mass is 394 g/mol. The van der Waals surface area contributed by atoms with Crippen LogP contribution in [0.3, 0.4) is 0 Å². The lowest BCUT2D eigenvalue weighted by atomic mass is 10.2. The summed E-state index contributed by atoms with van der Waals surface area (Å²) in [6.07, 6.45) is 6.47. The molecule has 0 fully saturated rings. The molecule has 116 valence electrons. The van der Waals surface area contributed by atoms with E-state index >= 15 is 0 Å². The Morgan fingerprint density at radius 1 is 1.30 bits per heavy atom. The van der Waals surface area contributed by atoms with E-state index in [9.17, 15) is 4.79 Å². The highest BCUT2D eigenvalue weighted by molar-refractivity contribution is 14.0. The van der Waals surface area contributed by atoms with Gasteiger partial charge in [-0.1, -0.05) is 26.0 Å². The fourth-order valence-corrected chi connectivity index (χ4v) is 1.80. The van der Waals surface area contributed by atoms with Crippen LogP contribution in [-0.4, -0.2) is 37.5 Å². The van der Waals surface area contributed by atoms with E-state index in [2.05, 4.69) is 33.1 Å². The van der Waals surface area contributed by atoms with Crippen molar-refractivity contribution in [3.63, 3.8) is 0 Å². The van der Waals surface area contributed by atoms with Gasteiger partial charge in [0.15, 0.2) is 5.96 Å². The molecule has 1 aliphatic carbocycles. The van der Waals surface area contributed by atoms with Gasteiger partial charge in [-0.05, 0) is 19.8 Å². The van der Waals surface area contributed by atoms with Crippen LogP contribution in [0.25, 0.3) is 0 Å². The van der Waals surface area contributed by atoms with E-state index in [-0.39, 0.29) is 35.8 Å². The largest absolute Gasteiger partial charge is 0.357 e. The lowest BCUT2D eigenvalue weighted by Crippen LogP contribution is -2.43. The summed E-state index contributed by atoms with van der Waals surface area (Å²) in [7, 11) is 0. The SMILES string of the molecule is CCNC(=NCCNC(=O)C(C)C)NC1CC=CC1.I. The summed E-state index contributed by atoms with van der Waals surface area (Å²) in [5.74, 6) is 0.933. The van der Waals surface area contributed by atoms with Crippen LogP contribution in [0.5, 0.6) is 0 Å². The van der Waals surface area contributed by atoms with E-state index in [0.717, 1.165) is 25.3 Å². The van der Waals surface area contributed by atoms with E-state index in [1.165, 1.54) is 0 Å². The molecule has 0 atom stereocenters. The zero-order chi connectivity index (χ0) is 14.1. The molecule has 0 aromatic heterocycles. The average Bonchev–Trinajstić information content (AvgIpc) is 2.87. The molecular formula is C14H27IN4O. The lowest BCUT2D eigenvalue weighted by molar-refractivity contribution is -0.123. The molecule has 0 radical (unpaired) electrons. The maximum absolute atomic E-state index is 11.4. The predicted octanol–water partition coefficient (Wildman–Crippen LogP) is 1.65. The molecule has 5 nitrogen and oxygen atoms in total. The number of carbonyl (C=O) groups excluding carboxylic acids is 1. The van der Waals surface area contributed by atoms with E-state index in [4.69, 9.17) is 0 Å². The fraction of sp³-hybridized carbons (Fsp3) is 0.714. The summed E-state index contributed by atoms with van der Waals surface area (Å²) in [5.41, 5.74) is 0. The van der Waals surface area contributed by atoms with Crippen molar-refractivity contribution in [3.8, 4) is 0 Å². The maximum Gasteiger partial charge on any atom is 0.222 e. The first kappa shape index (κ1) is 19.2. The molecule has 1 aliphatic rings. The molecule has 0 heterocycles. The summed E-state index contributed by atoms with van der Waals surface area (Å²) in [5, 5.41) is 9.47. The Morgan fingerprint density at radius 3 is 2.50 bits per heavy atom. The van der Waals surface area contributed by atoms with Crippen molar-refractivity contribution in [1.29, 1.82) is 0 Å². The summed E-state index contributed by atoms with van der Waals surface area (Å²) in [6.45, 7) is 7.83. The Morgan fingerprint density at radius 2 is 1.95 bits per heavy atom. The zero-order valence-corrected chi connectivity index (χ0v) is 14.9. The molecule has 0 unspecified atom stereocenters. The van der Waals surface area contributed by atoms with Crippen LogP contribution in [-0.2, 0) is 4.79 Å². The van der Waals surface area contributed by atoms with Gasteiger partial charge in [0.2, 0.25) is 5.91 Å². The highest BCUT2D eigenvalue weighted by atomic mass is 127. The van der Waals surface area contributed by atoms with Crippen molar-refractivity contribution < 1.29 is 4.79 Å². The number of guanidine groups is 1. The van der Waals surface area contributed by atoms with Gasteiger partial charge >= 0.3 is 0 Å². The molecule has 0 saturated heterocycles. The smallest absolute Gasteiger partial charge is 0.222 e. The van der Waals surface area contributed by atoms with E-state index in [1.807, 2.05) is 20.8 Å². The molecule has 0 spiro atoms. The van der Waals surface area contributed by atoms with Crippen molar-refractivity contribution in [2.45, 2.75) is 39.7 Å². The van der Waals surface area contributed by atoms with Crippen LogP contribution in [0.15, 0.2) is 17.1 Å². The molecule has 0 bridgehead atoms. The number of nitrogens with one attached hydrogen (secondary N) is 3. The molecular weight excluding hydrogens is 367 g/mol. The molecule has 3 N–H and O–H groups in total. The Hall–Kier alpha value is -0.790. The number of aliphatic imine (C=N–C) groups is 1. The van der Waals surface area contributed by atoms with Crippen LogP contribution in [0, 0.1) is 5.92 Å². The summed E-state index contributed by atoms with van der Waals surface area (Å²) in [4.78, 5) is 15.9. The highest BCUT2D eigenvalue weighted by Crippen LogP contribution is 2.08. The third kappa shape index (κ3) is 7.72. The van der Waals surface area contributed by atoms with E-state index in [0.29, 0.717) is 19.1 Å². The number of carbonyl (C=O) groups is 1. The number of rotatable bonds is 6. The first-order valence-electron chi connectivity index (χ1n) is 7.11. The predicted molar refractivity (Wildman–Crippen MR) is 94.5 cm³/mol. The van der Waals surface area contributed by atoms with Crippen molar-refractivity contribution in [3.05, 3.63) is 12.2 Å². The summed E-state index contributed by atoms with van der Waals surface area (Å²) in [6, 6.07) is 0.447. The molecule has 0 aromatic rings. The molecule has 1 rings (SSSR count). The van der Waals surface area contributed by atoms with E-state index in [1.54, 1.807) is 0 Å². The average molecular weight is 394 g/mol. The Bertz CT molecular complexity index is 334. The van der Waals surface area contributed by atoms with E-state index < -0.39 is 0 Å². The first-order chi connectivity index (χ1) is 9.13. The molecule has 20 heavy (non-hydrogen) atoms. The number of hydrogen-bond acceptors (Lipinski definition) is 2. The van der Waals surface area contributed by atoms with Gasteiger partial charge in [0, 0.05) is 25.0 Å². The Labute approximate surface area is 139 Å². The standard InChI is InChI=1S/C14H26N4O.HI/c1-4-15-14(18-12-7-5-6-8-12)17-10-9-16-13(19)11(2)3;/h5-6,11-12H,4,7-10H2,1-3H3,(H,16,19)(H2,15,17,18);1H. The number of amides is 1. The maximum atomic E-state index is 11.4. The van der Waals surface area contributed by atoms with Gasteiger partial charge in [0.25, 0.3) is 0 Å². The fourth-order valence-electron chi connectivity index (χ4n) is 1.80. The van der Waals surface area contributed by atoms with Gasteiger partial charge in [-0.2, -0.15) is 0 Å². The topological polar surface area (TPSA) is 65.5 Å². The minimum absolute atomic E-state index is 0. The van der Waals surface area contributed by atoms with Gasteiger partial charge < -0.3 is 16.0 Å². The lowest BCUT2D eigenvalue weighted by Gasteiger charge is -2.16. The van der Waals surface area contributed by atoms with Gasteiger partial charge in [0.1, 0.15) is 0 Å². The minimum atomic E-state index is 0. The second-order valence-electron chi connectivity index (χ2n) is 4.99. The molecule has 6 heteroatoms. The normalized spacial score (nSPS) is 15.1.